The van der Waals surface area contributed by atoms with Gasteiger partial charge >= 0.3 is 11.9 Å². The van der Waals surface area contributed by atoms with Crippen LogP contribution in [-0.4, -0.2) is 51.4 Å². The van der Waals surface area contributed by atoms with Crippen molar-refractivity contribution in [2.45, 2.75) is 12.8 Å². The molecule has 14 heavy (non-hydrogen) atoms. The van der Waals surface area contributed by atoms with Gasteiger partial charge in [0.25, 0.3) is 0 Å². The van der Waals surface area contributed by atoms with Gasteiger partial charge in [0.1, 0.15) is 13.2 Å². The number of ether oxygens (including phenoxy) is 2. The smallest absolute Gasteiger partial charge is 0.331 e. The third kappa shape index (κ3) is 7.51. The molecule has 0 aromatic rings. The zero-order valence-corrected chi connectivity index (χ0v) is 7.69. The molecule has 0 heterocycles. The first-order valence-electron chi connectivity index (χ1n) is 4.99. The summed E-state index contributed by atoms with van der Waals surface area (Å²) in [5, 5.41) is 7.63. The minimum atomic E-state index is -0.602. The van der Waals surface area contributed by atoms with E-state index in [1.165, 1.54) is 0 Å². The fourth-order valence-corrected chi connectivity index (χ4v) is 0.659. The zero-order valence-electron chi connectivity index (χ0n) is 9.69. The molecule has 0 amide bonds. The van der Waals surface area contributed by atoms with Crippen LogP contribution in [0.15, 0.2) is 0 Å². The summed E-state index contributed by atoms with van der Waals surface area (Å²) in [7, 11) is 0. The largest absolute Gasteiger partial charge is 0.464 e. The van der Waals surface area contributed by atoms with Gasteiger partial charge in [0.15, 0.2) is 0 Å². The maximum atomic E-state index is 10.7. The summed E-state index contributed by atoms with van der Waals surface area (Å²) < 4.78 is 21.9. The SMILES string of the molecule is [2H]OCC(=O)OCCCCOC(=O)CO[2H]. The van der Waals surface area contributed by atoms with Crippen LogP contribution in [0.25, 0.3) is 0 Å². The molecule has 0 aromatic carbocycles. The Morgan fingerprint density at radius 3 is 1.79 bits per heavy atom. The minimum Gasteiger partial charge on any atom is -0.464 e. The van der Waals surface area contributed by atoms with Crippen molar-refractivity contribution in [1.82, 2.24) is 0 Å². The number of hydrogen-bond donors (Lipinski definition) is 2. The second kappa shape index (κ2) is 8.46. The number of carbonyl (C=O) groups excluding carboxylic acids is 2. The van der Waals surface area contributed by atoms with E-state index in [0.29, 0.717) is 12.8 Å². The van der Waals surface area contributed by atoms with Crippen molar-refractivity contribution in [3.8, 4) is 0 Å². The van der Waals surface area contributed by atoms with Gasteiger partial charge in [-0.05, 0) is 12.8 Å². The van der Waals surface area contributed by atoms with Crippen LogP contribution in [0.2, 0.25) is 0 Å². The lowest BCUT2D eigenvalue weighted by Gasteiger charge is -2.03. The second-order valence-electron chi connectivity index (χ2n) is 2.44. The molecule has 0 bridgehead atoms. The monoisotopic (exact) mass is 208 g/mol. The Bertz CT molecular complexity index is 189. The predicted molar refractivity (Wildman–Crippen MR) is 45.3 cm³/mol. The lowest BCUT2D eigenvalue weighted by atomic mass is 10.3. The second-order valence-corrected chi connectivity index (χ2v) is 2.44. The lowest BCUT2D eigenvalue weighted by molar-refractivity contribution is -0.149. The highest BCUT2D eigenvalue weighted by Crippen LogP contribution is 1.92. The Hall–Kier alpha value is -1.14. The molecular formula is C8H14O6. The Balaban J connectivity index is 3.21. The molecule has 0 rings (SSSR count). The number of esters is 2. The van der Waals surface area contributed by atoms with Crippen LogP contribution < -0.4 is 0 Å². The lowest BCUT2D eigenvalue weighted by Crippen LogP contribution is -2.12. The summed E-state index contributed by atoms with van der Waals surface area (Å²) >= 11 is 0. The molecule has 6 heteroatoms. The van der Waals surface area contributed by atoms with Crippen LogP contribution in [0.1, 0.15) is 12.8 Å². The van der Waals surface area contributed by atoms with E-state index < -0.39 is 25.2 Å². The van der Waals surface area contributed by atoms with Gasteiger partial charge in [-0.1, -0.05) is 0 Å². The number of rotatable bonds is 9. The predicted octanol–water partition coefficient (Wildman–Crippen LogP) is -1.16. The van der Waals surface area contributed by atoms with E-state index >= 15 is 0 Å². The van der Waals surface area contributed by atoms with Crippen molar-refractivity contribution < 1.29 is 29.3 Å². The van der Waals surface area contributed by atoms with Gasteiger partial charge in [-0.15, -0.1) is 0 Å². The third-order valence-corrected chi connectivity index (χ3v) is 1.30. The van der Waals surface area contributed by atoms with E-state index in [-0.39, 0.29) is 13.2 Å². The Morgan fingerprint density at radius 2 is 1.43 bits per heavy atom. The maximum absolute atomic E-state index is 10.7. The molecule has 82 valence electrons. The maximum Gasteiger partial charge on any atom is 0.331 e. The van der Waals surface area contributed by atoms with Crippen LogP contribution in [0.4, 0.5) is 0 Å². The molecule has 0 aliphatic rings. The van der Waals surface area contributed by atoms with Crippen LogP contribution in [0, 0.1) is 0 Å². The van der Waals surface area contributed by atoms with Gasteiger partial charge in [-0.3, -0.25) is 0 Å². The van der Waals surface area contributed by atoms with Crippen LogP contribution in [-0.2, 0) is 19.1 Å². The topological polar surface area (TPSA) is 93.1 Å². The number of aliphatic hydroxyl groups excluding tert-OH is 2. The van der Waals surface area contributed by atoms with Gasteiger partial charge < -0.3 is 19.7 Å². The van der Waals surface area contributed by atoms with Gasteiger partial charge in [-0.25, -0.2) is 9.59 Å². The molecular weight excluding hydrogens is 192 g/mol. The summed E-state index contributed by atoms with van der Waals surface area (Å²) in [5.74, 6) is -1.20. The number of unbranched alkanes of at least 4 members (excludes halogenated alkanes) is 1. The van der Waals surface area contributed by atoms with Gasteiger partial charge in [0.05, 0.1) is 13.2 Å². The van der Waals surface area contributed by atoms with Crippen LogP contribution in [0.5, 0.6) is 0 Å². The molecule has 0 aromatic heterocycles. The molecule has 0 aliphatic carbocycles. The first kappa shape index (κ1) is 9.42. The van der Waals surface area contributed by atoms with E-state index in [0.717, 1.165) is 0 Å². The number of aliphatic hydroxyl groups is 2. The number of hydrogen-bond acceptors (Lipinski definition) is 6. The van der Waals surface area contributed by atoms with Crippen LogP contribution >= 0.6 is 0 Å². The van der Waals surface area contributed by atoms with E-state index in [2.05, 4.69) is 19.7 Å². The minimum absolute atomic E-state index is 0.189. The Morgan fingerprint density at radius 1 is 1.00 bits per heavy atom. The molecule has 0 fully saturated rings. The van der Waals surface area contributed by atoms with Crippen molar-refractivity contribution in [3.05, 3.63) is 0 Å². The van der Waals surface area contributed by atoms with Crippen molar-refractivity contribution in [2.75, 3.05) is 26.4 Å². The first-order valence-corrected chi connectivity index (χ1v) is 4.18. The molecule has 0 unspecified atom stereocenters. The standard InChI is InChI=1S/C8H14O6/c9-5-7(11)13-3-1-2-4-14-8(12)6-10/h9-10H,1-6H2/i9D,10D. The zero-order chi connectivity index (χ0) is 12.2. The van der Waals surface area contributed by atoms with Gasteiger partial charge in [0.2, 0.25) is 2.86 Å². The third-order valence-electron chi connectivity index (χ3n) is 1.30. The highest BCUT2D eigenvalue weighted by atomic mass is 16.5. The molecule has 0 spiro atoms. The van der Waals surface area contributed by atoms with Crippen molar-refractivity contribution in [3.63, 3.8) is 0 Å². The summed E-state index contributed by atoms with van der Waals surface area (Å²) in [5.41, 5.74) is 0. The summed E-state index contributed by atoms with van der Waals surface area (Å²) in [6.07, 6.45) is 1.08. The van der Waals surface area contributed by atoms with Crippen LogP contribution in [0.3, 0.4) is 0 Å². The summed E-state index contributed by atoms with van der Waals surface area (Å²) in [4.78, 5) is 21.4. The molecule has 2 N–H and O–H groups in total. The average molecular weight is 208 g/mol. The molecule has 0 atom stereocenters. The first-order chi connectivity index (χ1) is 7.70. The van der Waals surface area contributed by atoms with E-state index in [9.17, 15) is 9.59 Å². The van der Waals surface area contributed by atoms with Gasteiger partial charge in [0, 0.05) is 0 Å². The van der Waals surface area contributed by atoms with Crippen molar-refractivity contribution in [2.24, 2.45) is 0 Å². The molecule has 0 radical (unpaired) electrons. The quantitative estimate of drug-likeness (QED) is 0.366. The van der Waals surface area contributed by atoms with E-state index in [4.69, 9.17) is 2.86 Å². The van der Waals surface area contributed by atoms with E-state index in [1.807, 2.05) is 0 Å². The van der Waals surface area contributed by atoms with E-state index in [1.54, 1.807) is 0 Å². The highest BCUT2D eigenvalue weighted by molar-refractivity contribution is 5.70. The summed E-state index contributed by atoms with van der Waals surface area (Å²) in [6.45, 7) is -0.408. The normalized spacial score (nSPS) is 11.4. The number of carbonyl (C=O) groups is 2. The molecule has 0 saturated heterocycles. The molecule has 0 aliphatic heterocycles. The summed E-state index contributed by atoms with van der Waals surface area (Å²) in [6, 6.07) is 0. The molecule has 6 nitrogen and oxygen atoms in total. The Kier molecular flexibility index (Phi) is 5.69. The highest BCUT2D eigenvalue weighted by Gasteiger charge is 2.00. The van der Waals surface area contributed by atoms with Crippen molar-refractivity contribution >= 4 is 11.9 Å². The van der Waals surface area contributed by atoms with Crippen molar-refractivity contribution in [1.29, 1.82) is 2.86 Å². The fraction of sp³-hybridized carbons (Fsp3) is 0.750. The Labute approximate surface area is 84.4 Å². The average Bonchev–Trinajstić information content (AvgIpc) is 2.24. The molecule has 0 saturated carbocycles. The van der Waals surface area contributed by atoms with Gasteiger partial charge in [-0.2, -0.15) is 0 Å². The fourth-order valence-electron chi connectivity index (χ4n) is 0.659.